The molecule has 0 fully saturated rings. The van der Waals surface area contributed by atoms with Crippen molar-refractivity contribution in [3.8, 4) is 50.9 Å². The topological polar surface area (TPSA) is 73.6 Å². The fraction of sp³-hybridized carbons (Fsp3) is 0. The number of phenolic OH excluding ortho intramolecular Hbond substituents is 3. The van der Waals surface area contributed by atoms with Crippen LogP contribution in [0.2, 0.25) is 0 Å². The van der Waals surface area contributed by atoms with Gasteiger partial charge in [0.1, 0.15) is 17.2 Å². The molecule has 3 N–H and O–H groups in total. The Morgan fingerprint density at radius 1 is 0.519 bits per heavy atom. The molecule has 27 heavy (non-hydrogen) atoms. The summed E-state index contributed by atoms with van der Waals surface area (Å²) in [5.41, 5.74) is 4.16. The second-order valence-electron chi connectivity index (χ2n) is 6.21. The summed E-state index contributed by atoms with van der Waals surface area (Å²) in [6, 6.07) is 24.6. The molecule has 0 spiro atoms. The van der Waals surface area contributed by atoms with Crippen molar-refractivity contribution in [3.63, 3.8) is 0 Å². The van der Waals surface area contributed by atoms with Crippen molar-refractivity contribution in [2.24, 2.45) is 0 Å². The van der Waals surface area contributed by atoms with Crippen molar-refractivity contribution in [2.45, 2.75) is 0 Å². The lowest BCUT2D eigenvalue weighted by Crippen LogP contribution is -1.92. The number of hydrogen-bond acceptors (Lipinski definition) is 4. The summed E-state index contributed by atoms with van der Waals surface area (Å²) in [7, 11) is 0. The Bertz CT molecular complexity index is 1040. The quantitative estimate of drug-likeness (QED) is 0.472. The van der Waals surface area contributed by atoms with Crippen LogP contribution in [-0.2, 0) is 0 Å². The highest BCUT2D eigenvalue weighted by Gasteiger charge is 2.13. The zero-order valence-electron chi connectivity index (χ0n) is 14.4. The van der Waals surface area contributed by atoms with E-state index in [0.29, 0.717) is 22.5 Å². The molecule has 0 amide bonds. The molecular formula is C23H17NO3. The van der Waals surface area contributed by atoms with E-state index in [0.717, 1.165) is 11.1 Å². The minimum Gasteiger partial charge on any atom is -0.508 e. The van der Waals surface area contributed by atoms with Gasteiger partial charge in [0.2, 0.25) is 0 Å². The van der Waals surface area contributed by atoms with Gasteiger partial charge in [-0.2, -0.15) is 0 Å². The van der Waals surface area contributed by atoms with Gasteiger partial charge in [-0.1, -0.05) is 36.4 Å². The number of pyridine rings is 1. The van der Waals surface area contributed by atoms with Crippen molar-refractivity contribution in [3.05, 3.63) is 84.9 Å². The third kappa shape index (κ3) is 3.33. The Morgan fingerprint density at radius 3 is 1.48 bits per heavy atom. The Labute approximate surface area is 156 Å². The maximum atomic E-state index is 10.3. The van der Waals surface area contributed by atoms with Crippen LogP contribution in [0.5, 0.6) is 17.2 Å². The molecule has 0 aliphatic rings. The van der Waals surface area contributed by atoms with Gasteiger partial charge < -0.3 is 15.3 Å². The molecule has 0 unspecified atom stereocenters. The normalized spacial score (nSPS) is 10.7. The molecule has 0 aliphatic carbocycles. The fourth-order valence-corrected chi connectivity index (χ4v) is 3.01. The van der Waals surface area contributed by atoms with Crippen LogP contribution in [0.25, 0.3) is 33.6 Å². The number of benzene rings is 3. The molecule has 4 heteroatoms. The molecule has 4 nitrogen and oxygen atoms in total. The largest absolute Gasteiger partial charge is 0.508 e. The second kappa shape index (κ2) is 6.84. The second-order valence-corrected chi connectivity index (χ2v) is 6.21. The van der Waals surface area contributed by atoms with E-state index in [-0.39, 0.29) is 17.2 Å². The van der Waals surface area contributed by atoms with Crippen LogP contribution >= 0.6 is 0 Å². The van der Waals surface area contributed by atoms with E-state index in [1.54, 1.807) is 48.5 Å². The lowest BCUT2D eigenvalue weighted by molar-refractivity contribution is 0.475. The molecular weight excluding hydrogens is 338 g/mol. The summed E-state index contributed by atoms with van der Waals surface area (Å²) in [4.78, 5) is 4.67. The zero-order valence-corrected chi connectivity index (χ0v) is 14.4. The minimum atomic E-state index is 0.135. The highest BCUT2D eigenvalue weighted by atomic mass is 16.3. The molecule has 0 saturated carbocycles. The van der Waals surface area contributed by atoms with Crippen LogP contribution in [0.15, 0.2) is 84.9 Å². The van der Waals surface area contributed by atoms with Gasteiger partial charge in [0.05, 0.1) is 11.4 Å². The van der Waals surface area contributed by atoms with Crippen LogP contribution in [0.3, 0.4) is 0 Å². The van der Waals surface area contributed by atoms with Gasteiger partial charge in [-0.15, -0.1) is 0 Å². The van der Waals surface area contributed by atoms with Crippen molar-refractivity contribution in [2.75, 3.05) is 0 Å². The smallest absolute Gasteiger partial charge is 0.124 e. The first-order valence-electron chi connectivity index (χ1n) is 8.50. The van der Waals surface area contributed by atoms with Gasteiger partial charge in [-0.3, -0.25) is 0 Å². The van der Waals surface area contributed by atoms with Crippen LogP contribution in [0, 0.1) is 0 Å². The van der Waals surface area contributed by atoms with E-state index in [4.69, 9.17) is 0 Å². The SMILES string of the molecule is Oc1ccc(-c2cc(-c3ccccc3O)nc(-c3ccccc3O)c2)cc1. The molecule has 0 atom stereocenters. The third-order valence-corrected chi connectivity index (χ3v) is 4.39. The van der Waals surface area contributed by atoms with Gasteiger partial charge in [0.25, 0.3) is 0 Å². The minimum absolute atomic E-state index is 0.135. The average Bonchev–Trinajstić information content (AvgIpc) is 2.69. The van der Waals surface area contributed by atoms with E-state index < -0.39 is 0 Å². The summed E-state index contributed by atoms with van der Waals surface area (Å²) < 4.78 is 0. The van der Waals surface area contributed by atoms with E-state index in [1.807, 2.05) is 36.4 Å². The molecule has 3 aromatic carbocycles. The molecule has 0 bridgehead atoms. The van der Waals surface area contributed by atoms with Gasteiger partial charge in [-0.05, 0) is 59.7 Å². The number of para-hydroxylation sites is 2. The first-order chi connectivity index (χ1) is 13.1. The number of aromatic hydroxyl groups is 3. The molecule has 0 saturated heterocycles. The molecule has 0 radical (unpaired) electrons. The monoisotopic (exact) mass is 355 g/mol. The highest BCUT2D eigenvalue weighted by Crippen LogP contribution is 2.36. The third-order valence-electron chi connectivity index (χ3n) is 4.39. The van der Waals surface area contributed by atoms with E-state index in [9.17, 15) is 15.3 Å². The summed E-state index contributed by atoms with van der Waals surface area (Å²) in [5, 5.41) is 30.1. The summed E-state index contributed by atoms with van der Waals surface area (Å²) >= 11 is 0. The Morgan fingerprint density at radius 2 is 1.00 bits per heavy atom. The first-order valence-corrected chi connectivity index (χ1v) is 8.50. The Hall–Kier alpha value is -3.79. The molecule has 1 heterocycles. The van der Waals surface area contributed by atoms with Crippen molar-refractivity contribution < 1.29 is 15.3 Å². The van der Waals surface area contributed by atoms with Gasteiger partial charge in [-0.25, -0.2) is 4.98 Å². The molecule has 132 valence electrons. The van der Waals surface area contributed by atoms with Crippen LogP contribution in [0.1, 0.15) is 0 Å². The Kier molecular flexibility index (Phi) is 4.22. The van der Waals surface area contributed by atoms with Crippen molar-refractivity contribution in [1.82, 2.24) is 4.98 Å². The number of nitrogens with zero attached hydrogens (tertiary/aromatic N) is 1. The van der Waals surface area contributed by atoms with Crippen molar-refractivity contribution in [1.29, 1.82) is 0 Å². The maximum Gasteiger partial charge on any atom is 0.124 e. The van der Waals surface area contributed by atoms with Crippen LogP contribution in [-0.4, -0.2) is 20.3 Å². The number of hydrogen-bond donors (Lipinski definition) is 3. The lowest BCUT2D eigenvalue weighted by atomic mass is 9.99. The average molecular weight is 355 g/mol. The zero-order chi connectivity index (χ0) is 18.8. The van der Waals surface area contributed by atoms with E-state index >= 15 is 0 Å². The van der Waals surface area contributed by atoms with E-state index in [2.05, 4.69) is 4.98 Å². The predicted molar refractivity (Wildman–Crippen MR) is 106 cm³/mol. The first kappa shape index (κ1) is 16.7. The molecule has 1 aromatic heterocycles. The summed E-state index contributed by atoms with van der Waals surface area (Å²) in [6.45, 7) is 0. The maximum absolute atomic E-state index is 10.3. The Balaban J connectivity index is 1.95. The standard InChI is InChI=1S/C23H17NO3/c25-17-11-9-15(10-12-17)16-13-20(18-5-1-3-7-22(18)26)24-21(14-16)19-6-2-4-8-23(19)27/h1-14,25-27H. The number of rotatable bonds is 3. The molecule has 4 aromatic rings. The molecule has 4 rings (SSSR count). The van der Waals surface area contributed by atoms with Gasteiger partial charge in [0.15, 0.2) is 0 Å². The van der Waals surface area contributed by atoms with E-state index in [1.165, 1.54) is 0 Å². The molecule has 0 aliphatic heterocycles. The van der Waals surface area contributed by atoms with Crippen LogP contribution in [0.4, 0.5) is 0 Å². The van der Waals surface area contributed by atoms with Gasteiger partial charge >= 0.3 is 0 Å². The van der Waals surface area contributed by atoms with Gasteiger partial charge in [0, 0.05) is 11.1 Å². The summed E-state index contributed by atoms with van der Waals surface area (Å²) in [6.07, 6.45) is 0. The summed E-state index contributed by atoms with van der Waals surface area (Å²) in [5.74, 6) is 0.460. The highest BCUT2D eigenvalue weighted by molar-refractivity contribution is 5.79. The fourth-order valence-electron chi connectivity index (χ4n) is 3.01. The van der Waals surface area contributed by atoms with Crippen LogP contribution < -0.4 is 0 Å². The number of aromatic nitrogens is 1. The lowest BCUT2D eigenvalue weighted by Gasteiger charge is -2.12. The number of phenols is 3. The van der Waals surface area contributed by atoms with Crippen molar-refractivity contribution >= 4 is 0 Å². The predicted octanol–water partition coefficient (Wildman–Crippen LogP) is 5.20.